The predicted molar refractivity (Wildman–Crippen MR) is 115 cm³/mol. The van der Waals surface area contributed by atoms with Gasteiger partial charge in [0.25, 0.3) is 0 Å². The summed E-state index contributed by atoms with van der Waals surface area (Å²) in [5.41, 5.74) is 2.21. The molecule has 10 nitrogen and oxygen atoms in total. The summed E-state index contributed by atoms with van der Waals surface area (Å²) in [7, 11) is 0. The molecule has 0 aliphatic heterocycles. The molecule has 1 aromatic carbocycles. The number of benzene rings is 1. The van der Waals surface area contributed by atoms with Gasteiger partial charge in [0.05, 0.1) is 6.61 Å². The minimum absolute atomic E-state index is 0.0567. The highest BCUT2D eigenvalue weighted by Gasteiger charge is 2.25. The first-order chi connectivity index (χ1) is 15.3. The largest absolute Gasteiger partial charge is 0.461 e. The number of aromatic amines is 1. The van der Waals surface area contributed by atoms with Gasteiger partial charge in [0.2, 0.25) is 5.78 Å². The molecular formula is C22H23N5O5. The Hall–Kier alpha value is -4.08. The van der Waals surface area contributed by atoms with Gasteiger partial charge in [0.15, 0.2) is 18.1 Å². The van der Waals surface area contributed by atoms with Crippen LogP contribution < -0.4 is 0 Å². The van der Waals surface area contributed by atoms with E-state index in [0.717, 1.165) is 5.56 Å². The number of Topliss-reactive ketones (excluding diaryl/α,β-unsaturated/α-hetero) is 1. The predicted octanol–water partition coefficient (Wildman–Crippen LogP) is 2.53. The number of rotatable bonds is 8. The maximum absolute atomic E-state index is 12.9. The first-order valence-electron chi connectivity index (χ1n) is 9.92. The minimum Gasteiger partial charge on any atom is -0.461 e. The van der Waals surface area contributed by atoms with Crippen molar-refractivity contribution in [2.75, 3.05) is 13.2 Å². The molecule has 0 saturated carbocycles. The van der Waals surface area contributed by atoms with Gasteiger partial charge in [-0.15, -0.1) is 5.10 Å². The first kappa shape index (κ1) is 22.6. The first-order valence-corrected chi connectivity index (χ1v) is 9.92. The number of carbonyl (C=O) groups excluding carboxylic acids is 3. The van der Waals surface area contributed by atoms with Gasteiger partial charge in [-0.1, -0.05) is 30.3 Å². The molecule has 166 valence electrons. The molecule has 2 aromatic heterocycles. The number of aryl methyl sites for hydroxylation is 2. The number of ether oxygens (including phenoxy) is 2. The van der Waals surface area contributed by atoms with E-state index >= 15 is 0 Å². The second kappa shape index (κ2) is 9.82. The highest BCUT2D eigenvalue weighted by molar-refractivity contribution is 6.16. The third-order valence-corrected chi connectivity index (χ3v) is 4.70. The minimum atomic E-state index is -0.769. The van der Waals surface area contributed by atoms with Crippen molar-refractivity contribution in [3.63, 3.8) is 0 Å². The summed E-state index contributed by atoms with van der Waals surface area (Å²) in [6.45, 7) is 6.33. The van der Waals surface area contributed by atoms with Crippen molar-refractivity contribution in [1.29, 1.82) is 0 Å². The lowest BCUT2D eigenvalue weighted by Gasteiger charge is -2.09. The van der Waals surface area contributed by atoms with E-state index in [9.17, 15) is 14.4 Å². The summed E-state index contributed by atoms with van der Waals surface area (Å²) in [6, 6.07) is 9.11. The molecule has 0 spiro atoms. The SMILES string of the molecule is CCOC(=O)c1[nH]c(C)c(C(=O)COC(=O)/C(=C/c2ccccc2)n2nnnc2C)c1C. The van der Waals surface area contributed by atoms with Crippen LogP contribution in [0, 0.1) is 20.8 Å². The molecule has 0 saturated heterocycles. The third kappa shape index (κ3) is 4.80. The lowest BCUT2D eigenvalue weighted by atomic mass is 10.1. The Bertz CT molecular complexity index is 1180. The number of nitrogens with zero attached hydrogens (tertiary/aromatic N) is 4. The van der Waals surface area contributed by atoms with E-state index < -0.39 is 24.3 Å². The number of H-pyrrole nitrogens is 1. The van der Waals surface area contributed by atoms with E-state index in [1.54, 1.807) is 33.8 Å². The van der Waals surface area contributed by atoms with Gasteiger partial charge in [-0.25, -0.2) is 9.59 Å². The molecule has 3 aromatic rings. The lowest BCUT2D eigenvalue weighted by Crippen LogP contribution is -2.19. The molecule has 1 N–H and O–H groups in total. The van der Waals surface area contributed by atoms with Crippen LogP contribution in [0.4, 0.5) is 0 Å². The fourth-order valence-corrected chi connectivity index (χ4v) is 3.22. The van der Waals surface area contributed by atoms with Crippen LogP contribution in [-0.2, 0) is 14.3 Å². The number of tetrazole rings is 1. The number of ketones is 1. The molecule has 0 amide bonds. The third-order valence-electron chi connectivity index (χ3n) is 4.70. The summed E-state index contributed by atoms with van der Waals surface area (Å²) in [6.07, 6.45) is 1.57. The molecule has 0 unspecified atom stereocenters. The molecule has 0 fully saturated rings. The molecule has 3 rings (SSSR count). The van der Waals surface area contributed by atoms with Gasteiger partial charge in [0.1, 0.15) is 5.69 Å². The summed E-state index contributed by atoms with van der Waals surface area (Å²) in [4.78, 5) is 40.6. The zero-order valence-electron chi connectivity index (χ0n) is 18.2. The summed E-state index contributed by atoms with van der Waals surface area (Å²) in [5, 5.41) is 11.2. The van der Waals surface area contributed by atoms with Crippen LogP contribution >= 0.6 is 0 Å². The molecule has 0 aliphatic carbocycles. The Balaban J connectivity index is 1.81. The van der Waals surface area contributed by atoms with Gasteiger partial charge in [-0.3, -0.25) is 4.79 Å². The number of hydrogen-bond donors (Lipinski definition) is 1. The Morgan fingerprint density at radius 1 is 1.09 bits per heavy atom. The molecule has 0 atom stereocenters. The number of hydrogen-bond acceptors (Lipinski definition) is 8. The second-order valence-electron chi connectivity index (χ2n) is 6.92. The van der Waals surface area contributed by atoms with Crippen molar-refractivity contribution in [3.8, 4) is 0 Å². The normalized spacial score (nSPS) is 11.3. The monoisotopic (exact) mass is 437 g/mol. The van der Waals surface area contributed by atoms with Crippen LogP contribution in [-0.4, -0.2) is 56.1 Å². The number of carbonyl (C=O) groups is 3. The Labute approximate surface area is 184 Å². The van der Waals surface area contributed by atoms with Crippen molar-refractivity contribution < 1.29 is 23.9 Å². The fraction of sp³-hybridized carbons (Fsp3) is 0.273. The van der Waals surface area contributed by atoms with Crippen molar-refractivity contribution >= 4 is 29.5 Å². The molecule has 32 heavy (non-hydrogen) atoms. The topological polar surface area (TPSA) is 129 Å². The van der Waals surface area contributed by atoms with Gasteiger partial charge in [0, 0.05) is 11.3 Å². The van der Waals surface area contributed by atoms with Crippen LogP contribution in [0.2, 0.25) is 0 Å². The Morgan fingerprint density at radius 2 is 1.81 bits per heavy atom. The van der Waals surface area contributed by atoms with Gasteiger partial charge >= 0.3 is 11.9 Å². The highest BCUT2D eigenvalue weighted by atomic mass is 16.5. The van der Waals surface area contributed by atoms with Gasteiger partial charge in [-0.2, -0.15) is 4.68 Å². The highest BCUT2D eigenvalue weighted by Crippen LogP contribution is 2.20. The van der Waals surface area contributed by atoms with Crippen molar-refractivity contribution in [2.24, 2.45) is 0 Å². The quantitative estimate of drug-likeness (QED) is 0.323. The smallest absolute Gasteiger partial charge is 0.357 e. The van der Waals surface area contributed by atoms with E-state index in [2.05, 4.69) is 20.5 Å². The van der Waals surface area contributed by atoms with Crippen LogP contribution in [0.1, 0.15) is 50.4 Å². The van der Waals surface area contributed by atoms with Crippen molar-refractivity contribution in [2.45, 2.75) is 27.7 Å². The summed E-state index contributed by atoms with van der Waals surface area (Å²) in [5.74, 6) is -1.39. The maximum Gasteiger partial charge on any atom is 0.357 e. The summed E-state index contributed by atoms with van der Waals surface area (Å²) < 4.78 is 11.5. The van der Waals surface area contributed by atoms with E-state index in [1.165, 1.54) is 4.68 Å². The zero-order valence-corrected chi connectivity index (χ0v) is 18.2. The molecule has 0 aliphatic rings. The van der Waals surface area contributed by atoms with Crippen LogP contribution in [0.5, 0.6) is 0 Å². The maximum atomic E-state index is 12.9. The summed E-state index contributed by atoms with van der Waals surface area (Å²) >= 11 is 0. The average molecular weight is 437 g/mol. The average Bonchev–Trinajstić information content (AvgIpc) is 3.33. The fourth-order valence-electron chi connectivity index (χ4n) is 3.22. The number of nitrogens with one attached hydrogen (secondary N) is 1. The zero-order chi connectivity index (χ0) is 23.3. The van der Waals surface area contributed by atoms with Crippen LogP contribution in [0.15, 0.2) is 30.3 Å². The Kier molecular flexibility index (Phi) is 6.93. The molecule has 0 bridgehead atoms. The van der Waals surface area contributed by atoms with Crippen molar-refractivity contribution in [3.05, 3.63) is 64.2 Å². The van der Waals surface area contributed by atoms with Crippen LogP contribution in [0.3, 0.4) is 0 Å². The van der Waals surface area contributed by atoms with E-state index in [-0.39, 0.29) is 23.6 Å². The molecule has 10 heteroatoms. The Morgan fingerprint density at radius 3 is 2.44 bits per heavy atom. The van der Waals surface area contributed by atoms with E-state index in [0.29, 0.717) is 17.1 Å². The van der Waals surface area contributed by atoms with Gasteiger partial charge in [-0.05, 0) is 55.3 Å². The molecule has 2 heterocycles. The van der Waals surface area contributed by atoms with E-state index in [4.69, 9.17) is 9.47 Å². The van der Waals surface area contributed by atoms with Crippen molar-refractivity contribution in [1.82, 2.24) is 25.2 Å². The van der Waals surface area contributed by atoms with Gasteiger partial charge < -0.3 is 14.5 Å². The standard InChI is InChI=1S/C22H23N5O5/c1-5-31-22(30)20-13(2)19(14(3)23-20)18(28)12-32-21(29)17(27-15(4)24-25-26-27)11-16-9-7-6-8-10-16/h6-11,23H,5,12H2,1-4H3/b17-11-. The molecular weight excluding hydrogens is 414 g/mol. The van der Waals surface area contributed by atoms with E-state index in [1.807, 2.05) is 30.3 Å². The second-order valence-corrected chi connectivity index (χ2v) is 6.92. The number of aromatic nitrogens is 5. The number of esters is 2. The van der Waals surface area contributed by atoms with Crippen LogP contribution in [0.25, 0.3) is 11.8 Å². The molecule has 0 radical (unpaired) electrons. The lowest BCUT2D eigenvalue weighted by molar-refractivity contribution is -0.136.